The number of carbonyl (C=O) groups is 3. The van der Waals surface area contributed by atoms with E-state index in [4.69, 9.17) is 14.2 Å². The minimum Gasteiger partial charge on any atom is -0.462 e. The first-order valence-electron chi connectivity index (χ1n) is 24.2. The molecule has 0 radical (unpaired) electrons. The first-order chi connectivity index (χ1) is 30.5. The fourth-order valence-corrected chi connectivity index (χ4v) is 5.85. The first kappa shape index (κ1) is 57.5. The highest BCUT2D eigenvalue weighted by molar-refractivity contribution is 5.71. The molecule has 0 aromatic carbocycles. The smallest absolute Gasteiger partial charge is 0.306 e. The maximum Gasteiger partial charge on any atom is 0.306 e. The zero-order valence-corrected chi connectivity index (χ0v) is 39.3. The third-order valence-electron chi connectivity index (χ3n) is 9.38. The molecular weight excluding hydrogens is 769 g/mol. The van der Waals surface area contributed by atoms with Crippen molar-refractivity contribution in [3.8, 4) is 0 Å². The summed E-state index contributed by atoms with van der Waals surface area (Å²) in [6, 6.07) is 0. The molecule has 6 nitrogen and oxygen atoms in total. The van der Waals surface area contributed by atoms with Crippen LogP contribution in [0.5, 0.6) is 0 Å². The van der Waals surface area contributed by atoms with Crippen molar-refractivity contribution in [2.45, 2.75) is 187 Å². The summed E-state index contributed by atoms with van der Waals surface area (Å²) in [7, 11) is 0. The van der Waals surface area contributed by atoms with Crippen LogP contribution < -0.4 is 0 Å². The topological polar surface area (TPSA) is 78.9 Å². The van der Waals surface area contributed by atoms with Gasteiger partial charge in [-0.25, -0.2) is 0 Å². The van der Waals surface area contributed by atoms with Crippen molar-refractivity contribution in [3.05, 3.63) is 134 Å². The summed E-state index contributed by atoms with van der Waals surface area (Å²) >= 11 is 0. The summed E-state index contributed by atoms with van der Waals surface area (Å²) in [5.74, 6) is -1.04. The summed E-state index contributed by atoms with van der Waals surface area (Å²) in [5.41, 5.74) is 0. The molecule has 346 valence electrons. The van der Waals surface area contributed by atoms with Gasteiger partial charge in [-0.3, -0.25) is 14.4 Å². The molecule has 0 heterocycles. The van der Waals surface area contributed by atoms with Gasteiger partial charge in [0.2, 0.25) is 0 Å². The molecule has 0 amide bonds. The van der Waals surface area contributed by atoms with Crippen molar-refractivity contribution < 1.29 is 28.6 Å². The zero-order valence-electron chi connectivity index (χ0n) is 39.3. The van der Waals surface area contributed by atoms with E-state index < -0.39 is 6.10 Å². The van der Waals surface area contributed by atoms with Gasteiger partial charge in [-0.2, -0.15) is 0 Å². The lowest BCUT2D eigenvalue weighted by Gasteiger charge is -2.18. The van der Waals surface area contributed by atoms with Gasteiger partial charge in [0.15, 0.2) is 6.10 Å². The summed E-state index contributed by atoms with van der Waals surface area (Å²) < 4.78 is 16.6. The van der Waals surface area contributed by atoms with Crippen LogP contribution in [-0.4, -0.2) is 37.2 Å². The molecule has 0 aromatic heterocycles. The van der Waals surface area contributed by atoms with Crippen molar-refractivity contribution in [3.63, 3.8) is 0 Å². The Morgan fingerprint density at radius 2 is 0.581 bits per heavy atom. The van der Waals surface area contributed by atoms with Crippen LogP contribution in [0.15, 0.2) is 134 Å². The normalized spacial score (nSPS) is 13.3. The number of rotatable bonds is 41. The standard InChI is InChI=1S/C56H86O6/c1-4-7-10-13-16-19-21-23-25-27-28-29-31-32-34-37-40-43-46-49-55(58)61-52-53(51-60-54(57)48-45-42-39-36-18-15-12-9-6-3)62-56(59)50-47-44-41-38-35-33-30-26-24-22-20-17-14-11-8-5-2/h7-12,16-20,23-26,28-29,32-36,53H,4-6,13-15,21-22,27,30-31,37-52H2,1-3H3/b10-7-,11-8-,12-9-,19-16-,20-17-,25-23-,26-24-,29-28-,34-32-,35-33-,36-18-. The molecule has 0 saturated heterocycles. The predicted octanol–water partition coefficient (Wildman–Crippen LogP) is 15.9. The Kier molecular flexibility index (Phi) is 45.7. The average Bonchev–Trinajstić information content (AvgIpc) is 3.27. The highest BCUT2D eigenvalue weighted by atomic mass is 16.6. The van der Waals surface area contributed by atoms with Crippen molar-refractivity contribution in [1.82, 2.24) is 0 Å². The molecule has 0 bridgehead atoms. The lowest BCUT2D eigenvalue weighted by Crippen LogP contribution is -2.30. The Bertz CT molecular complexity index is 1400. The second kappa shape index (κ2) is 49.2. The second-order valence-electron chi connectivity index (χ2n) is 15.2. The van der Waals surface area contributed by atoms with Crippen LogP contribution in [0.4, 0.5) is 0 Å². The molecule has 1 atom stereocenters. The van der Waals surface area contributed by atoms with Gasteiger partial charge < -0.3 is 14.2 Å². The van der Waals surface area contributed by atoms with Gasteiger partial charge in [-0.1, -0.05) is 167 Å². The Morgan fingerprint density at radius 1 is 0.323 bits per heavy atom. The van der Waals surface area contributed by atoms with E-state index in [9.17, 15) is 14.4 Å². The molecule has 0 rings (SSSR count). The Morgan fingerprint density at radius 3 is 0.903 bits per heavy atom. The van der Waals surface area contributed by atoms with E-state index >= 15 is 0 Å². The number of hydrogen-bond acceptors (Lipinski definition) is 6. The largest absolute Gasteiger partial charge is 0.462 e. The quantitative estimate of drug-likeness (QED) is 0.0264. The lowest BCUT2D eigenvalue weighted by atomic mass is 10.1. The van der Waals surface area contributed by atoms with E-state index in [2.05, 4.69) is 154 Å². The maximum atomic E-state index is 12.7. The van der Waals surface area contributed by atoms with Crippen molar-refractivity contribution >= 4 is 17.9 Å². The molecule has 0 fully saturated rings. The lowest BCUT2D eigenvalue weighted by molar-refractivity contribution is -0.167. The third-order valence-corrected chi connectivity index (χ3v) is 9.38. The first-order valence-corrected chi connectivity index (χ1v) is 24.2. The van der Waals surface area contributed by atoms with Gasteiger partial charge >= 0.3 is 17.9 Å². The minimum absolute atomic E-state index is 0.124. The zero-order chi connectivity index (χ0) is 45.1. The van der Waals surface area contributed by atoms with Crippen LogP contribution in [0.2, 0.25) is 0 Å². The molecule has 0 spiro atoms. The van der Waals surface area contributed by atoms with Crippen molar-refractivity contribution in [2.24, 2.45) is 0 Å². The summed E-state index contributed by atoms with van der Waals surface area (Å²) in [6.45, 7) is 6.16. The van der Waals surface area contributed by atoms with Gasteiger partial charge in [-0.15, -0.1) is 0 Å². The molecule has 6 heteroatoms. The van der Waals surface area contributed by atoms with Crippen LogP contribution in [0, 0.1) is 0 Å². The van der Waals surface area contributed by atoms with E-state index in [-0.39, 0.29) is 37.5 Å². The number of hydrogen-bond donors (Lipinski definition) is 0. The van der Waals surface area contributed by atoms with Crippen LogP contribution in [0.1, 0.15) is 181 Å². The monoisotopic (exact) mass is 855 g/mol. The SMILES string of the molecule is CC/C=C\C/C=C\C/C=C\C/C=C\C/C=C\CCCCCC(=O)OCC(COC(=O)CCCC/C=C\C/C=C\CC)OC(=O)CCCCC/C=C\C/C=C\C/C=C\C/C=C\CC. The summed E-state index contributed by atoms with van der Waals surface area (Å²) in [4.78, 5) is 37.8. The van der Waals surface area contributed by atoms with E-state index in [1.54, 1.807) is 0 Å². The van der Waals surface area contributed by atoms with E-state index in [0.29, 0.717) is 19.3 Å². The van der Waals surface area contributed by atoms with Crippen molar-refractivity contribution in [1.29, 1.82) is 0 Å². The molecule has 0 aliphatic carbocycles. The predicted molar refractivity (Wildman–Crippen MR) is 265 cm³/mol. The van der Waals surface area contributed by atoms with Gasteiger partial charge in [0.05, 0.1) is 0 Å². The van der Waals surface area contributed by atoms with Crippen LogP contribution in [0.3, 0.4) is 0 Å². The molecule has 0 aliphatic heterocycles. The molecule has 1 unspecified atom stereocenters. The van der Waals surface area contributed by atoms with Crippen molar-refractivity contribution in [2.75, 3.05) is 13.2 Å². The molecule has 0 aliphatic rings. The number of carbonyl (C=O) groups excluding carboxylic acids is 3. The van der Waals surface area contributed by atoms with E-state index in [0.717, 1.165) is 135 Å². The Balaban J connectivity index is 4.51. The summed E-state index contributed by atoms with van der Waals surface area (Å²) in [6.07, 6.45) is 68.8. The molecular formula is C56H86O6. The third kappa shape index (κ3) is 46.6. The minimum atomic E-state index is -0.825. The van der Waals surface area contributed by atoms with Crippen LogP contribution >= 0.6 is 0 Å². The van der Waals surface area contributed by atoms with E-state index in [1.807, 2.05) is 0 Å². The Hall–Kier alpha value is -4.45. The highest BCUT2D eigenvalue weighted by Gasteiger charge is 2.19. The summed E-state index contributed by atoms with van der Waals surface area (Å²) in [5, 5.41) is 0. The maximum absolute atomic E-state index is 12.7. The second-order valence-corrected chi connectivity index (χ2v) is 15.2. The molecule has 0 N–H and O–H groups in total. The van der Waals surface area contributed by atoms with Crippen LogP contribution in [0.25, 0.3) is 0 Å². The number of allylic oxidation sites excluding steroid dienone is 22. The van der Waals surface area contributed by atoms with Gasteiger partial charge in [0, 0.05) is 19.3 Å². The average molecular weight is 855 g/mol. The fourth-order valence-electron chi connectivity index (χ4n) is 5.85. The van der Waals surface area contributed by atoms with Crippen LogP contribution in [-0.2, 0) is 28.6 Å². The molecule has 0 saturated carbocycles. The van der Waals surface area contributed by atoms with E-state index in [1.165, 1.54) is 0 Å². The fraction of sp³-hybridized carbons (Fsp3) is 0.554. The number of ether oxygens (including phenoxy) is 3. The molecule has 62 heavy (non-hydrogen) atoms. The van der Waals surface area contributed by atoms with Gasteiger partial charge in [0.1, 0.15) is 13.2 Å². The van der Waals surface area contributed by atoms with Gasteiger partial charge in [0.25, 0.3) is 0 Å². The molecule has 0 aromatic rings. The highest BCUT2D eigenvalue weighted by Crippen LogP contribution is 2.11. The van der Waals surface area contributed by atoms with Gasteiger partial charge in [-0.05, 0) is 128 Å². The number of unbranched alkanes of at least 4 members (excludes halogenated alkanes) is 8. The Labute approximate surface area is 379 Å². The number of esters is 3.